The van der Waals surface area contributed by atoms with Gasteiger partial charge in [0.25, 0.3) is 5.91 Å². The average molecular weight is 475 g/mol. The van der Waals surface area contributed by atoms with Crippen LogP contribution in [0.25, 0.3) is 0 Å². The minimum absolute atomic E-state index is 0.170. The quantitative estimate of drug-likeness (QED) is 0.263. The standard InChI is InChI=1S/C26H26N4O5/c1-17-6-4-7-18(2)24(17)29-25(32)26(33)30-27-15-19-10-12-21(13-11-19)35-16-23(31)28-20-8-5-9-22(14-20)34-3/h4-15H,16H2,1-3H3,(H,28,31)(H,29,32)(H,30,33)/b27-15-. The fraction of sp³-hybridized carbons (Fsp3) is 0.154. The summed E-state index contributed by atoms with van der Waals surface area (Å²) in [7, 11) is 1.55. The number of para-hydroxylation sites is 1. The Morgan fingerprint density at radius 1 is 0.857 bits per heavy atom. The monoisotopic (exact) mass is 474 g/mol. The van der Waals surface area contributed by atoms with E-state index in [1.165, 1.54) is 6.21 Å². The van der Waals surface area contributed by atoms with E-state index in [1.54, 1.807) is 55.6 Å². The van der Waals surface area contributed by atoms with Gasteiger partial charge in [-0.25, -0.2) is 5.43 Å². The van der Waals surface area contributed by atoms with Crippen LogP contribution in [0.5, 0.6) is 11.5 Å². The minimum atomic E-state index is -0.883. The van der Waals surface area contributed by atoms with E-state index in [-0.39, 0.29) is 12.5 Å². The Bertz CT molecular complexity index is 1220. The van der Waals surface area contributed by atoms with Gasteiger partial charge in [0, 0.05) is 17.4 Å². The van der Waals surface area contributed by atoms with E-state index in [1.807, 2.05) is 32.0 Å². The molecule has 9 heteroatoms. The smallest absolute Gasteiger partial charge is 0.329 e. The highest BCUT2D eigenvalue weighted by Crippen LogP contribution is 2.19. The Morgan fingerprint density at radius 3 is 2.23 bits per heavy atom. The van der Waals surface area contributed by atoms with Crippen molar-refractivity contribution >= 4 is 35.3 Å². The highest BCUT2D eigenvalue weighted by atomic mass is 16.5. The van der Waals surface area contributed by atoms with E-state index in [4.69, 9.17) is 9.47 Å². The van der Waals surface area contributed by atoms with Crippen LogP contribution in [0, 0.1) is 13.8 Å². The number of hydrogen-bond acceptors (Lipinski definition) is 6. The summed E-state index contributed by atoms with van der Waals surface area (Å²) in [5.41, 5.74) is 5.78. The second-order valence-electron chi connectivity index (χ2n) is 7.56. The van der Waals surface area contributed by atoms with Crippen LogP contribution in [-0.4, -0.2) is 37.7 Å². The summed E-state index contributed by atoms with van der Waals surface area (Å²) < 4.78 is 10.6. The molecule has 0 saturated heterocycles. The van der Waals surface area contributed by atoms with Crippen LogP contribution >= 0.6 is 0 Å². The predicted octanol–water partition coefficient (Wildman–Crippen LogP) is 3.42. The molecule has 3 aromatic carbocycles. The number of aryl methyl sites for hydroxylation is 2. The number of carbonyl (C=O) groups is 3. The van der Waals surface area contributed by atoms with E-state index < -0.39 is 11.8 Å². The molecule has 9 nitrogen and oxygen atoms in total. The molecule has 0 unspecified atom stereocenters. The van der Waals surface area contributed by atoms with Crippen molar-refractivity contribution in [3.05, 3.63) is 83.4 Å². The van der Waals surface area contributed by atoms with Crippen LogP contribution in [-0.2, 0) is 14.4 Å². The lowest BCUT2D eigenvalue weighted by atomic mass is 10.1. The van der Waals surface area contributed by atoms with Crippen molar-refractivity contribution in [3.63, 3.8) is 0 Å². The number of ether oxygens (including phenoxy) is 2. The summed E-state index contributed by atoms with van der Waals surface area (Å²) in [6, 6.07) is 19.3. The van der Waals surface area contributed by atoms with Gasteiger partial charge in [0.15, 0.2) is 6.61 Å². The van der Waals surface area contributed by atoms with E-state index in [9.17, 15) is 14.4 Å². The lowest BCUT2D eigenvalue weighted by molar-refractivity contribution is -0.136. The molecule has 180 valence electrons. The Morgan fingerprint density at radius 2 is 1.54 bits per heavy atom. The second-order valence-corrected chi connectivity index (χ2v) is 7.56. The highest BCUT2D eigenvalue weighted by molar-refractivity contribution is 6.39. The zero-order valence-corrected chi connectivity index (χ0v) is 19.6. The van der Waals surface area contributed by atoms with Gasteiger partial charge >= 0.3 is 11.8 Å². The van der Waals surface area contributed by atoms with Gasteiger partial charge in [0.1, 0.15) is 11.5 Å². The summed E-state index contributed by atoms with van der Waals surface area (Å²) in [4.78, 5) is 36.2. The van der Waals surface area contributed by atoms with Gasteiger partial charge in [-0.15, -0.1) is 0 Å². The first-order valence-electron chi connectivity index (χ1n) is 10.7. The maximum absolute atomic E-state index is 12.1. The first-order chi connectivity index (χ1) is 16.9. The fourth-order valence-electron chi connectivity index (χ4n) is 3.10. The first kappa shape index (κ1) is 25.0. The molecular weight excluding hydrogens is 448 g/mol. The Hall–Kier alpha value is -4.66. The van der Waals surface area contributed by atoms with E-state index in [2.05, 4.69) is 21.2 Å². The topological polar surface area (TPSA) is 118 Å². The zero-order chi connectivity index (χ0) is 25.2. The van der Waals surface area contributed by atoms with Gasteiger partial charge in [0.05, 0.1) is 13.3 Å². The Kier molecular flexibility index (Phi) is 8.55. The molecule has 3 amide bonds. The minimum Gasteiger partial charge on any atom is -0.497 e. The molecule has 0 aliphatic rings. The molecule has 3 N–H and O–H groups in total. The van der Waals surface area contributed by atoms with E-state index >= 15 is 0 Å². The van der Waals surface area contributed by atoms with Crippen molar-refractivity contribution in [2.45, 2.75) is 13.8 Å². The number of nitrogens with zero attached hydrogens (tertiary/aromatic N) is 1. The summed E-state index contributed by atoms with van der Waals surface area (Å²) >= 11 is 0. The number of hydrazone groups is 1. The number of amides is 3. The van der Waals surface area contributed by atoms with Crippen LogP contribution in [0.15, 0.2) is 71.8 Å². The van der Waals surface area contributed by atoms with Crippen molar-refractivity contribution in [1.29, 1.82) is 0 Å². The number of rotatable bonds is 8. The lowest BCUT2D eigenvalue weighted by Gasteiger charge is -2.10. The van der Waals surface area contributed by atoms with Crippen LogP contribution in [0.2, 0.25) is 0 Å². The van der Waals surface area contributed by atoms with Crippen molar-refractivity contribution in [2.75, 3.05) is 24.4 Å². The predicted molar refractivity (Wildman–Crippen MR) is 134 cm³/mol. The molecule has 0 heterocycles. The summed E-state index contributed by atoms with van der Waals surface area (Å²) in [6.45, 7) is 3.52. The molecule has 0 bridgehead atoms. The van der Waals surface area contributed by atoms with E-state index in [0.717, 1.165) is 11.1 Å². The number of hydrogen-bond donors (Lipinski definition) is 3. The Balaban J connectivity index is 1.45. The van der Waals surface area contributed by atoms with Crippen LogP contribution in [0.4, 0.5) is 11.4 Å². The molecule has 0 radical (unpaired) electrons. The molecule has 0 spiro atoms. The third-order valence-corrected chi connectivity index (χ3v) is 4.91. The molecule has 3 rings (SSSR count). The van der Waals surface area contributed by atoms with Gasteiger partial charge in [-0.05, 0) is 66.9 Å². The second kappa shape index (κ2) is 12.0. The molecule has 0 aliphatic carbocycles. The van der Waals surface area contributed by atoms with Gasteiger partial charge in [-0.2, -0.15) is 5.10 Å². The van der Waals surface area contributed by atoms with Crippen LogP contribution < -0.4 is 25.5 Å². The summed E-state index contributed by atoms with van der Waals surface area (Å²) in [6.07, 6.45) is 1.39. The van der Waals surface area contributed by atoms with Gasteiger partial charge in [0.2, 0.25) is 0 Å². The summed E-state index contributed by atoms with van der Waals surface area (Å²) in [5, 5.41) is 9.14. The van der Waals surface area contributed by atoms with Crippen molar-refractivity contribution in [2.24, 2.45) is 5.10 Å². The fourth-order valence-corrected chi connectivity index (χ4v) is 3.10. The van der Waals surface area contributed by atoms with Crippen molar-refractivity contribution in [1.82, 2.24) is 5.43 Å². The van der Waals surface area contributed by atoms with Crippen LogP contribution in [0.3, 0.4) is 0 Å². The number of carbonyl (C=O) groups excluding carboxylic acids is 3. The largest absolute Gasteiger partial charge is 0.497 e. The maximum atomic E-state index is 12.1. The third-order valence-electron chi connectivity index (χ3n) is 4.91. The Labute approximate surface area is 203 Å². The number of benzene rings is 3. The normalized spacial score (nSPS) is 10.5. The number of nitrogens with one attached hydrogen (secondary N) is 3. The number of methoxy groups -OCH3 is 1. The van der Waals surface area contributed by atoms with E-state index in [0.29, 0.717) is 28.4 Å². The van der Waals surface area contributed by atoms with Gasteiger partial charge in [-0.1, -0.05) is 24.3 Å². The molecule has 35 heavy (non-hydrogen) atoms. The van der Waals surface area contributed by atoms with Crippen LogP contribution in [0.1, 0.15) is 16.7 Å². The zero-order valence-electron chi connectivity index (χ0n) is 19.6. The molecule has 0 aromatic heterocycles. The lowest BCUT2D eigenvalue weighted by Crippen LogP contribution is -2.32. The first-order valence-corrected chi connectivity index (χ1v) is 10.7. The molecular formula is C26H26N4O5. The molecule has 0 atom stereocenters. The molecule has 3 aromatic rings. The molecule has 0 aliphatic heterocycles. The molecule has 0 saturated carbocycles. The molecule has 0 fully saturated rings. The highest BCUT2D eigenvalue weighted by Gasteiger charge is 2.15. The number of anilines is 2. The van der Waals surface area contributed by atoms with Gasteiger partial charge < -0.3 is 20.1 Å². The summed E-state index contributed by atoms with van der Waals surface area (Å²) in [5.74, 6) is -0.883. The van der Waals surface area contributed by atoms with Gasteiger partial charge in [-0.3, -0.25) is 14.4 Å². The maximum Gasteiger partial charge on any atom is 0.329 e. The van der Waals surface area contributed by atoms with Crippen molar-refractivity contribution in [3.8, 4) is 11.5 Å². The third kappa shape index (κ3) is 7.43. The SMILES string of the molecule is COc1cccc(NC(=O)COc2ccc(/C=N\NC(=O)C(=O)Nc3c(C)cccc3C)cc2)c1. The van der Waals surface area contributed by atoms with Crippen molar-refractivity contribution < 1.29 is 23.9 Å². The average Bonchev–Trinajstić information content (AvgIpc) is 2.85.